The van der Waals surface area contributed by atoms with E-state index in [0.29, 0.717) is 22.8 Å². The van der Waals surface area contributed by atoms with Gasteiger partial charge in [0.1, 0.15) is 5.82 Å². The molecule has 0 saturated carbocycles. The Balaban J connectivity index is 1.82. The van der Waals surface area contributed by atoms with E-state index in [2.05, 4.69) is 15.6 Å². The predicted octanol–water partition coefficient (Wildman–Crippen LogP) is 7.16. The fraction of sp³-hybridized carbons (Fsp3) is 0.130. The van der Waals surface area contributed by atoms with Crippen molar-refractivity contribution in [2.75, 3.05) is 10.6 Å². The minimum atomic E-state index is -1.49. The molecule has 182 valence electrons. The number of pyridine rings is 1. The number of carbonyl (C=O) groups is 3. The number of amides is 2. The van der Waals surface area contributed by atoms with Crippen molar-refractivity contribution in [2.45, 2.75) is 23.5 Å². The lowest BCUT2D eigenvalue weighted by atomic mass is 10.1. The summed E-state index contributed by atoms with van der Waals surface area (Å²) >= 11 is 25.4. The highest BCUT2D eigenvalue weighted by atomic mass is 35.5. The molecule has 7 nitrogen and oxygen atoms in total. The van der Waals surface area contributed by atoms with Gasteiger partial charge in [0.05, 0.1) is 36.5 Å². The molecule has 0 spiro atoms. The van der Waals surface area contributed by atoms with Gasteiger partial charge in [0.15, 0.2) is 0 Å². The summed E-state index contributed by atoms with van der Waals surface area (Å²) in [5, 5.41) is 13.3. The van der Waals surface area contributed by atoms with E-state index in [1.54, 1.807) is 48.7 Å². The third-order valence-corrected chi connectivity index (χ3v) is 7.82. The van der Waals surface area contributed by atoms with E-state index in [4.69, 9.17) is 46.4 Å². The highest BCUT2D eigenvalue weighted by molar-refractivity contribution is 8.00. The molecule has 1 aromatic heterocycles. The fourth-order valence-corrected chi connectivity index (χ4v) is 5.05. The van der Waals surface area contributed by atoms with E-state index in [-0.39, 0.29) is 21.0 Å². The molecule has 3 rings (SSSR count). The maximum Gasteiger partial charge on any atom is 0.338 e. The van der Waals surface area contributed by atoms with Gasteiger partial charge >= 0.3 is 5.97 Å². The fourth-order valence-electron chi connectivity index (χ4n) is 3.02. The summed E-state index contributed by atoms with van der Waals surface area (Å²) in [6, 6.07) is 11.9. The Bertz CT molecular complexity index is 1290. The Labute approximate surface area is 225 Å². The van der Waals surface area contributed by atoms with Gasteiger partial charge in [-0.3, -0.25) is 9.59 Å². The number of aromatic carboxylic acids is 1. The number of nitrogens with zero attached hydrogens (tertiary/aromatic N) is 1. The van der Waals surface area contributed by atoms with E-state index >= 15 is 0 Å². The number of rotatable bonds is 8. The second kappa shape index (κ2) is 12.0. The average molecular weight is 573 g/mol. The van der Waals surface area contributed by atoms with Crippen LogP contribution in [0.25, 0.3) is 0 Å². The Morgan fingerprint density at radius 3 is 2.23 bits per heavy atom. The second-order valence-electron chi connectivity index (χ2n) is 7.01. The molecular formula is C23H17Cl4N3O4S. The quantitative estimate of drug-likeness (QED) is 0.150. The van der Waals surface area contributed by atoms with Gasteiger partial charge in [-0.05, 0) is 36.8 Å². The molecule has 0 saturated heterocycles. The Hall–Kier alpha value is -2.49. The first-order valence-electron chi connectivity index (χ1n) is 10.0. The number of aromatic nitrogens is 1. The van der Waals surface area contributed by atoms with Crippen LogP contribution in [0.1, 0.15) is 34.1 Å². The molecule has 0 fully saturated rings. The Morgan fingerprint density at radius 2 is 1.63 bits per heavy atom. The van der Waals surface area contributed by atoms with Crippen molar-refractivity contribution in [2.24, 2.45) is 0 Å². The minimum Gasteiger partial charge on any atom is -0.478 e. The topological polar surface area (TPSA) is 108 Å². The summed E-state index contributed by atoms with van der Waals surface area (Å²) in [5.41, 5.74) is -0.640. The molecule has 0 aliphatic rings. The molecule has 35 heavy (non-hydrogen) atoms. The van der Waals surface area contributed by atoms with Crippen LogP contribution in [0.5, 0.6) is 0 Å². The van der Waals surface area contributed by atoms with Crippen LogP contribution in [0.4, 0.5) is 11.5 Å². The second-order valence-corrected chi connectivity index (χ2v) is 9.80. The molecule has 1 heterocycles. The standard InChI is InChI=1S/C23H17Cl4N3O4S/c1-2-13(21(31)30-14-8-3-4-9-28-14)35-12-7-5-6-11(10-12)29-22(32)15-16(23(33)34)18(25)20(27)19(26)17(15)24/h3-10,13H,2H2,1H3,(H,29,32)(H,33,34)(H,28,30,31). The molecule has 2 aromatic carbocycles. The van der Waals surface area contributed by atoms with E-state index in [1.165, 1.54) is 11.8 Å². The first-order valence-corrected chi connectivity index (χ1v) is 12.4. The van der Waals surface area contributed by atoms with Crippen LogP contribution in [0.15, 0.2) is 53.6 Å². The van der Waals surface area contributed by atoms with Crippen LogP contribution < -0.4 is 10.6 Å². The van der Waals surface area contributed by atoms with Gasteiger partial charge in [-0.2, -0.15) is 0 Å². The summed E-state index contributed by atoms with van der Waals surface area (Å²) in [4.78, 5) is 42.2. The summed E-state index contributed by atoms with van der Waals surface area (Å²) in [6.07, 6.45) is 2.12. The lowest BCUT2D eigenvalue weighted by Gasteiger charge is -2.16. The zero-order chi connectivity index (χ0) is 25.7. The number of carboxylic acid groups (broad SMARTS) is 1. The number of nitrogens with one attached hydrogen (secondary N) is 2. The van der Waals surface area contributed by atoms with Crippen LogP contribution in [-0.4, -0.2) is 33.1 Å². The normalized spacial score (nSPS) is 11.6. The van der Waals surface area contributed by atoms with Crippen molar-refractivity contribution in [1.29, 1.82) is 0 Å². The Kier molecular flexibility index (Phi) is 9.27. The van der Waals surface area contributed by atoms with E-state index in [9.17, 15) is 19.5 Å². The SMILES string of the molecule is CCC(Sc1cccc(NC(=O)c2c(Cl)c(Cl)c(Cl)c(Cl)c2C(=O)O)c1)C(=O)Nc1ccccn1. The van der Waals surface area contributed by atoms with E-state index in [0.717, 1.165) is 0 Å². The van der Waals surface area contributed by atoms with Gasteiger partial charge in [0.25, 0.3) is 5.91 Å². The van der Waals surface area contributed by atoms with Crippen molar-refractivity contribution in [3.05, 3.63) is 79.9 Å². The number of hydrogen-bond donors (Lipinski definition) is 3. The highest BCUT2D eigenvalue weighted by Gasteiger charge is 2.29. The van der Waals surface area contributed by atoms with Crippen molar-refractivity contribution in [1.82, 2.24) is 4.98 Å². The molecule has 0 radical (unpaired) electrons. The number of thioether (sulfide) groups is 1. The first-order chi connectivity index (χ1) is 16.6. The number of carbonyl (C=O) groups excluding carboxylic acids is 2. The summed E-state index contributed by atoms with van der Waals surface area (Å²) in [6.45, 7) is 1.88. The number of anilines is 2. The van der Waals surface area contributed by atoms with Crippen molar-refractivity contribution >= 4 is 87.5 Å². The number of carboxylic acids is 1. The van der Waals surface area contributed by atoms with Crippen LogP contribution in [-0.2, 0) is 4.79 Å². The van der Waals surface area contributed by atoms with Gasteiger partial charge in [0, 0.05) is 16.8 Å². The molecule has 2 amide bonds. The van der Waals surface area contributed by atoms with Gasteiger partial charge in [0.2, 0.25) is 5.91 Å². The van der Waals surface area contributed by atoms with E-state index < -0.39 is 33.3 Å². The molecule has 0 bridgehead atoms. The highest BCUT2D eigenvalue weighted by Crippen LogP contribution is 2.42. The maximum atomic E-state index is 13.0. The lowest BCUT2D eigenvalue weighted by molar-refractivity contribution is -0.115. The van der Waals surface area contributed by atoms with Crippen LogP contribution >= 0.6 is 58.2 Å². The Morgan fingerprint density at radius 1 is 0.943 bits per heavy atom. The maximum absolute atomic E-state index is 13.0. The van der Waals surface area contributed by atoms with Crippen LogP contribution in [0.3, 0.4) is 0 Å². The predicted molar refractivity (Wildman–Crippen MR) is 141 cm³/mol. The third kappa shape index (κ3) is 6.39. The monoisotopic (exact) mass is 571 g/mol. The lowest BCUT2D eigenvalue weighted by Crippen LogP contribution is -2.25. The number of halogens is 4. The molecule has 3 N–H and O–H groups in total. The van der Waals surface area contributed by atoms with Crippen molar-refractivity contribution in [3.63, 3.8) is 0 Å². The summed E-state index contributed by atoms with van der Waals surface area (Å²) in [5.74, 6) is -2.09. The van der Waals surface area contributed by atoms with Gasteiger partial charge in [-0.15, -0.1) is 11.8 Å². The van der Waals surface area contributed by atoms with Gasteiger partial charge in [-0.1, -0.05) is 65.5 Å². The molecule has 3 aromatic rings. The largest absolute Gasteiger partial charge is 0.478 e. The minimum absolute atomic E-state index is 0.214. The molecule has 12 heteroatoms. The van der Waals surface area contributed by atoms with E-state index in [1.807, 2.05) is 6.92 Å². The average Bonchev–Trinajstić information content (AvgIpc) is 2.83. The van der Waals surface area contributed by atoms with Crippen LogP contribution in [0, 0.1) is 0 Å². The van der Waals surface area contributed by atoms with Gasteiger partial charge < -0.3 is 15.7 Å². The molecule has 0 aliphatic heterocycles. The first kappa shape index (κ1) is 27.1. The zero-order valence-electron chi connectivity index (χ0n) is 17.9. The van der Waals surface area contributed by atoms with Gasteiger partial charge in [-0.25, -0.2) is 9.78 Å². The summed E-state index contributed by atoms with van der Waals surface area (Å²) in [7, 11) is 0. The third-order valence-electron chi connectivity index (χ3n) is 4.66. The molecular weight excluding hydrogens is 556 g/mol. The number of hydrogen-bond acceptors (Lipinski definition) is 5. The zero-order valence-corrected chi connectivity index (χ0v) is 21.8. The van der Waals surface area contributed by atoms with Crippen molar-refractivity contribution in [3.8, 4) is 0 Å². The molecule has 1 atom stereocenters. The molecule has 0 aliphatic carbocycles. The summed E-state index contributed by atoms with van der Waals surface area (Å²) < 4.78 is 0. The molecule has 1 unspecified atom stereocenters. The number of benzene rings is 2. The van der Waals surface area contributed by atoms with Crippen LogP contribution in [0.2, 0.25) is 20.1 Å². The van der Waals surface area contributed by atoms with Crippen molar-refractivity contribution < 1.29 is 19.5 Å². The smallest absolute Gasteiger partial charge is 0.338 e.